The summed E-state index contributed by atoms with van der Waals surface area (Å²) >= 11 is 0. The van der Waals surface area contributed by atoms with Crippen molar-refractivity contribution in [2.75, 3.05) is 13.4 Å². The summed E-state index contributed by atoms with van der Waals surface area (Å²) in [6.07, 6.45) is 0.792. The molecule has 1 aromatic rings. The smallest absolute Gasteiger partial charge is 0.306 e. The van der Waals surface area contributed by atoms with E-state index in [0.29, 0.717) is 6.07 Å². The Morgan fingerprint density at radius 2 is 1.87 bits per heavy atom. The van der Waals surface area contributed by atoms with Gasteiger partial charge < -0.3 is 8.92 Å². The molecule has 0 aliphatic rings. The first kappa shape index (κ1) is 11.7. The minimum absolute atomic E-state index is 0.340. The molecule has 1 rings (SSSR count). The van der Waals surface area contributed by atoms with Crippen molar-refractivity contribution in [2.24, 2.45) is 0 Å². The first-order valence-corrected chi connectivity index (χ1v) is 5.57. The van der Waals surface area contributed by atoms with Gasteiger partial charge in [-0.15, -0.1) is 0 Å². The molecule has 0 spiro atoms. The van der Waals surface area contributed by atoms with Crippen molar-refractivity contribution in [3.05, 3.63) is 23.8 Å². The van der Waals surface area contributed by atoms with E-state index >= 15 is 0 Å². The van der Waals surface area contributed by atoms with Crippen LogP contribution in [-0.4, -0.2) is 21.8 Å². The first-order valence-electron chi connectivity index (χ1n) is 3.76. The lowest BCUT2D eigenvalue weighted by Gasteiger charge is -2.06. The monoisotopic (exact) mass is 238 g/mol. The minimum Gasteiger partial charge on any atom is -0.493 e. The van der Waals surface area contributed by atoms with Crippen molar-refractivity contribution in [3.63, 3.8) is 0 Å². The average Bonchev–Trinajstić information content (AvgIpc) is 2.08. The number of benzene rings is 1. The van der Waals surface area contributed by atoms with Gasteiger partial charge in [0.1, 0.15) is 5.75 Å². The highest BCUT2D eigenvalue weighted by Crippen LogP contribution is 2.26. The molecular formula is C8H8F2O4S. The maximum Gasteiger partial charge on any atom is 0.306 e. The summed E-state index contributed by atoms with van der Waals surface area (Å²) in [4.78, 5) is 0. The average molecular weight is 238 g/mol. The number of ether oxygens (including phenoxy) is 1. The van der Waals surface area contributed by atoms with E-state index < -0.39 is 27.5 Å². The highest BCUT2D eigenvalue weighted by atomic mass is 32.2. The van der Waals surface area contributed by atoms with Crippen LogP contribution in [-0.2, 0) is 10.1 Å². The molecule has 0 N–H and O–H groups in total. The number of halogens is 2. The van der Waals surface area contributed by atoms with Gasteiger partial charge in [-0.1, -0.05) is 0 Å². The molecule has 15 heavy (non-hydrogen) atoms. The highest BCUT2D eigenvalue weighted by molar-refractivity contribution is 7.86. The Hall–Kier alpha value is -1.37. The van der Waals surface area contributed by atoms with Gasteiger partial charge in [0.2, 0.25) is 5.82 Å². The molecule has 0 radical (unpaired) electrons. The maximum atomic E-state index is 12.9. The third kappa shape index (κ3) is 3.05. The third-order valence-electron chi connectivity index (χ3n) is 1.44. The molecule has 0 amide bonds. The topological polar surface area (TPSA) is 52.6 Å². The van der Waals surface area contributed by atoms with Gasteiger partial charge in [-0.05, 0) is 0 Å². The molecule has 0 saturated carbocycles. The van der Waals surface area contributed by atoms with E-state index in [1.165, 1.54) is 0 Å². The standard InChI is InChI=1S/C8H8F2O4S/c1-13-7-4-5(14-15(2,11)12)3-6(9)8(7)10/h3-4H,1-2H3. The second kappa shape index (κ2) is 4.01. The number of hydrogen-bond donors (Lipinski definition) is 0. The van der Waals surface area contributed by atoms with Crippen LogP contribution >= 0.6 is 0 Å². The maximum absolute atomic E-state index is 12.9. The molecule has 0 heterocycles. The quantitative estimate of drug-likeness (QED) is 0.745. The van der Waals surface area contributed by atoms with Gasteiger partial charge in [-0.25, -0.2) is 4.39 Å². The largest absolute Gasteiger partial charge is 0.493 e. The molecular weight excluding hydrogens is 230 g/mol. The molecule has 0 aliphatic carbocycles. The molecule has 0 bridgehead atoms. The Kier molecular flexibility index (Phi) is 3.13. The van der Waals surface area contributed by atoms with Crippen LogP contribution in [0.15, 0.2) is 12.1 Å². The predicted molar refractivity (Wildman–Crippen MR) is 48.4 cm³/mol. The first-order chi connectivity index (χ1) is 6.83. The van der Waals surface area contributed by atoms with E-state index in [1.54, 1.807) is 0 Å². The van der Waals surface area contributed by atoms with E-state index in [1.807, 2.05) is 0 Å². The lowest BCUT2D eigenvalue weighted by atomic mass is 10.3. The van der Waals surface area contributed by atoms with E-state index in [4.69, 9.17) is 0 Å². The Morgan fingerprint density at radius 3 is 2.33 bits per heavy atom. The van der Waals surface area contributed by atoms with E-state index in [2.05, 4.69) is 8.92 Å². The van der Waals surface area contributed by atoms with Gasteiger partial charge in [0.15, 0.2) is 11.6 Å². The van der Waals surface area contributed by atoms with Gasteiger partial charge >= 0.3 is 10.1 Å². The summed E-state index contributed by atoms with van der Waals surface area (Å²) in [6.45, 7) is 0. The zero-order valence-corrected chi connectivity index (χ0v) is 8.77. The van der Waals surface area contributed by atoms with Crippen molar-refractivity contribution in [2.45, 2.75) is 0 Å². The normalized spacial score (nSPS) is 11.2. The van der Waals surface area contributed by atoms with Crippen molar-refractivity contribution in [1.82, 2.24) is 0 Å². The fraction of sp³-hybridized carbons (Fsp3) is 0.250. The van der Waals surface area contributed by atoms with Crippen molar-refractivity contribution in [1.29, 1.82) is 0 Å². The zero-order valence-electron chi connectivity index (χ0n) is 7.95. The molecule has 0 fully saturated rings. The van der Waals surface area contributed by atoms with Crippen molar-refractivity contribution >= 4 is 10.1 Å². The lowest BCUT2D eigenvalue weighted by Crippen LogP contribution is -2.06. The van der Waals surface area contributed by atoms with Gasteiger partial charge in [0, 0.05) is 12.1 Å². The van der Waals surface area contributed by atoms with Crippen LogP contribution in [0, 0.1) is 11.6 Å². The molecule has 84 valence electrons. The third-order valence-corrected chi connectivity index (χ3v) is 1.93. The van der Waals surface area contributed by atoms with Crippen LogP contribution in [0.2, 0.25) is 0 Å². The van der Waals surface area contributed by atoms with Gasteiger partial charge in [-0.3, -0.25) is 0 Å². The van der Waals surface area contributed by atoms with E-state index in [0.717, 1.165) is 19.4 Å². The number of methoxy groups -OCH3 is 1. The van der Waals surface area contributed by atoms with Crippen molar-refractivity contribution in [3.8, 4) is 11.5 Å². The molecule has 0 aromatic heterocycles. The summed E-state index contributed by atoms with van der Waals surface area (Å²) in [6, 6.07) is 1.57. The van der Waals surface area contributed by atoms with Gasteiger partial charge in [0.25, 0.3) is 0 Å². The van der Waals surface area contributed by atoms with Crippen LogP contribution in [0.25, 0.3) is 0 Å². The second-order valence-corrected chi connectivity index (χ2v) is 4.28. The minimum atomic E-state index is -3.78. The number of hydrogen-bond acceptors (Lipinski definition) is 4. The van der Waals surface area contributed by atoms with Crippen molar-refractivity contribution < 1.29 is 26.1 Å². The lowest BCUT2D eigenvalue weighted by molar-refractivity contribution is 0.368. The van der Waals surface area contributed by atoms with Gasteiger partial charge in [-0.2, -0.15) is 12.8 Å². The van der Waals surface area contributed by atoms with E-state index in [9.17, 15) is 17.2 Å². The highest BCUT2D eigenvalue weighted by Gasteiger charge is 2.14. The van der Waals surface area contributed by atoms with Crippen LogP contribution in [0.3, 0.4) is 0 Å². The Morgan fingerprint density at radius 1 is 1.27 bits per heavy atom. The number of rotatable bonds is 3. The summed E-state index contributed by atoms with van der Waals surface area (Å²) in [7, 11) is -2.65. The van der Waals surface area contributed by atoms with Gasteiger partial charge in [0.05, 0.1) is 13.4 Å². The fourth-order valence-corrected chi connectivity index (χ4v) is 1.36. The van der Waals surface area contributed by atoms with Crippen LogP contribution in [0.4, 0.5) is 8.78 Å². The molecule has 7 heteroatoms. The molecule has 4 nitrogen and oxygen atoms in total. The summed E-state index contributed by atoms with van der Waals surface area (Å²) < 4.78 is 56.1. The van der Waals surface area contributed by atoms with Crippen LogP contribution in [0.5, 0.6) is 11.5 Å². The Bertz CT molecular complexity index is 470. The Balaban J connectivity index is 3.17. The zero-order chi connectivity index (χ0) is 11.6. The SMILES string of the molecule is COc1cc(OS(C)(=O)=O)cc(F)c1F. The molecule has 0 aliphatic heterocycles. The molecule has 1 aromatic carbocycles. The van der Waals surface area contributed by atoms with Crippen LogP contribution in [0.1, 0.15) is 0 Å². The van der Waals surface area contributed by atoms with Crippen LogP contribution < -0.4 is 8.92 Å². The summed E-state index contributed by atoms with van der Waals surface area (Å²) in [5.41, 5.74) is 0. The second-order valence-electron chi connectivity index (χ2n) is 2.71. The Labute approximate surface area is 85.6 Å². The van der Waals surface area contributed by atoms with E-state index in [-0.39, 0.29) is 5.75 Å². The summed E-state index contributed by atoms with van der Waals surface area (Å²) in [5, 5.41) is 0. The predicted octanol–water partition coefficient (Wildman–Crippen LogP) is 1.31. The summed E-state index contributed by atoms with van der Waals surface area (Å²) in [5.74, 6) is -3.20. The molecule has 0 saturated heterocycles. The molecule has 0 unspecified atom stereocenters. The molecule has 0 atom stereocenters. The fourth-order valence-electron chi connectivity index (χ4n) is 0.912.